The number of fused-ring (bicyclic) bond motifs is 2. The number of benzene rings is 2. The fourth-order valence-corrected chi connectivity index (χ4v) is 13.4. The van der Waals surface area contributed by atoms with E-state index in [1.54, 1.807) is 67.6 Å². The molecule has 2 aromatic carbocycles. The maximum absolute atomic E-state index is 14.5. The Hall–Kier alpha value is -6.54. The second-order valence-electron chi connectivity index (χ2n) is 23.3. The standard InChI is InChI=1S/C62H80F2N10O11S/c1-40(65-3)57(77)69-53(41-12-6-4-7-13-41)60(79)73-20-11-18-50(73)59-68-49(39-86-59)56(76)43-16-10-17-46(32-43)85-31-30-84-29-28-83-27-26-82-25-24-81-23-22-80-21-19-52(75)72-36-44(37-72)55(42-14-8-5-9-15-42)74-38-45(35-66-74)67-58(78)54-47-33-51-61(2,62(51,63)64)34-48(47)70-71-54/h5,8-10,14-17,32,35,38-41,44,50-51,53,55,65H,4,6-7,11-13,18-31,33-34,36-37H2,1-3H3,(H,67,78)(H,69,77)(H,70,71)/t40-,50+,51?,53-,55+,61?/m0/s1. The van der Waals surface area contributed by atoms with Crippen molar-refractivity contribution in [3.63, 3.8) is 0 Å². The van der Waals surface area contributed by atoms with E-state index in [4.69, 9.17) is 33.4 Å². The smallest absolute Gasteiger partial charge is 0.276 e. The van der Waals surface area contributed by atoms with Gasteiger partial charge < -0.3 is 54.2 Å². The van der Waals surface area contributed by atoms with Gasteiger partial charge in [-0.25, -0.2) is 13.8 Å². The number of rotatable bonds is 32. The molecule has 2 unspecified atom stereocenters. The molecule has 3 aromatic heterocycles. The summed E-state index contributed by atoms with van der Waals surface area (Å²) in [6, 6.07) is 15.4. The van der Waals surface area contributed by atoms with Crippen LogP contribution >= 0.6 is 11.3 Å². The number of amides is 4. The van der Waals surface area contributed by atoms with Gasteiger partial charge in [-0.1, -0.05) is 68.7 Å². The number of halogens is 2. The molecule has 4 fully saturated rings. The van der Waals surface area contributed by atoms with Gasteiger partial charge in [0, 0.05) is 71.7 Å². The molecule has 5 aliphatic rings. The van der Waals surface area contributed by atoms with Crippen LogP contribution in [0.2, 0.25) is 0 Å². The molecule has 0 radical (unpaired) electrons. The number of aromatic nitrogens is 5. The number of alkyl halides is 2. The highest BCUT2D eigenvalue weighted by Crippen LogP contribution is 2.70. The molecule has 2 aliphatic heterocycles. The Morgan fingerprint density at radius 3 is 2.21 bits per heavy atom. The van der Waals surface area contributed by atoms with Crippen molar-refractivity contribution in [1.82, 2.24) is 45.4 Å². The molecule has 6 atom stereocenters. The summed E-state index contributed by atoms with van der Waals surface area (Å²) in [6.07, 6.45) is 10.4. The minimum Gasteiger partial charge on any atom is -0.491 e. The van der Waals surface area contributed by atoms with E-state index >= 15 is 0 Å². The molecule has 10 rings (SSSR count). The third-order valence-electron chi connectivity index (χ3n) is 17.6. The van der Waals surface area contributed by atoms with Crippen molar-refractivity contribution in [3.05, 3.63) is 111 Å². The number of H-pyrrole nitrogens is 1. The minimum absolute atomic E-state index is 0.00510. The molecule has 4 N–H and O–H groups in total. The quantitative estimate of drug-likeness (QED) is 0.0254. The maximum Gasteiger partial charge on any atom is 0.276 e. The number of ether oxygens (including phenoxy) is 6. The van der Waals surface area contributed by atoms with E-state index in [0.29, 0.717) is 113 Å². The number of hydrogen-bond donors (Lipinski definition) is 4. The van der Waals surface area contributed by atoms with E-state index in [1.807, 2.05) is 40.1 Å². The van der Waals surface area contributed by atoms with Crippen molar-refractivity contribution in [3.8, 4) is 5.75 Å². The van der Waals surface area contributed by atoms with E-state index in [0.717, 1.165) is 55.5 Å². The lowest BCUT2D eigenvalue weighted by molar-refractivity contribution is -0.140. The van der Waals surface area contributed by atoms with E-state index in [9.17, 15) is 32.8 Å². The van der Waals surface area contributed by atoms with E-state index < -0.39 is 35.2 Å². The second-order valence-corrected chi connectivity index (χ2v) is 24.1. The first-order valence-electron chi connectivity index (χ1n) is 30.3. The summed E-state index contributed by atoms with van der Waals surface area (Å²) in [5, 5.41) is 23.0. The third kappa shape index (κ3) is 14.7. The van der Waals surface area contributed by atoms with E-state index in [-0.39, 0.29) is 85.6 Å². The predicted molar refractivity (Wildman–Crippen MR) is 314 cm³/mol. The number of hydrogen-bond acceptors (Lipinski definition) is 16. The normalized spacial score (nSPS) is 21.0. The summed E-state index contributed by atoms with van der Waals surface area (Å²) >= 11 is 1.38. The van der Waals surface area contributed by atoms with Gasteiger partial charge in [0.1, 0.15) is 29.1 Å². The SMILES string of the molecule is CN[C@@H](C)C(=O)N[C@H](C(=O)N1CCC[C@@H]1c1nc(C(=O)c2cccc(OCCOCCOCCOCCOCCOCCC(=O)N3CC([C@@H](c4ccccc4)n4cc(NC(=O)c5n[nH]c6c5CC5C(F)(F)C5(C)C6)cn4)C3)c2)cs1)C1CCCCC1. The average molecular weight is 1210 g/mol. The van der Waals surface area contributed by atoms with Crippen LogP contribution in [-0.4, -0.2) is 182 Å². The van der Waals surface area contributed by atoms with Crippen LogP contribution in [0.25, 0.3) is 0 Å². The zero-order valence-corrected chi connectivity index (χ0v) is 50.1. The zero-order valence-electron chi connectivity index (χ0n) is 49.3. The van der Waals surface area contributed by atoms with Gasteiger partial charge in [0.05, 0.1) is 102 Å². The Bertz CT molecular complexity index is 3100. The largest absolute Gasteiger partial charge is 0.491 e. The maximum atomic E-state index is 14.5. The lowest BCUT2D eigenvalue weighted by Gasteiger charge is -2.43. The van der Waals surface area contributed by atoms with E-state index in [2.05, 4.69) is 31.2 Å². The van der Waals surface area contributed by atoms with Gasteiger partial charge in [-0.3, -0.25) is 33.8 Å². The molecular weight excluding hydrogens is 1130 g/mol. The molecule has 86 heavy (non-hydrogen) atoms. The first kappa shape index (κ1) is 62.5. The first-order valence-corrected chi connectivity index (χ1v) is 31.1. The van der Waals surface area contributed by atoms with Crippen molar-refractivity contribution < 1.29 is 61.2 Å². The summed E-state index contributed by atoms with van der Waals surface area (Å²) in [6.45, 7) is 8.90. The molecule has 0 bridgehead atoms. The minimum atomic E-state index is -2.76. The van der Waals surface area contributed by atoms with Crippen molar-refractivity contribution in [2.45, 2.75) is 108 Å². The highest BCUT2D eigenvalue weighted by atomic mass is 32.1. The number of likely N-dealkylation sites (tertiary alicyclic amines) is 2. The molecule has 0 spiro atoms. The number of carbonyl (C=O) groups is 5. The van der Waals surface area contributed by atoms with E-state index in [1.165, 1.54) is 11.3 Å². The van der Waals surface area contributed by atoms with Gasteiger partial charge in [-0.05, 0) is 69.7 Å². The summed E-state index contributed by atoms with van der Waals surface area (Å²) in [7, 11) is 1.73. The number of aromatic amines is 1. The molecule has 3 aliphatic carbocycles. The number of likely N-dealkylation sites (N-methyl/N-ethyl adjacent to an activating group) is 1. The van der Waals surface area contributed by atoms with Crippen molar-refractivity contribution in [2.75, 3.05) is 105 Å². The Morgan fingerprint density at radius 1 is 0.826 bits per heavy atom. The number of nitrogens with one attached hydrogen (secondary N) is 4. The van der Waals surface area contributed by atoms with Crippen LogP contribution in [0.5, 0.6) is 5.75 Å². The van der Waals surface area contributed by atoms with Gasteiger partial charge in [0.25, 0.3) is 11.8 Å². The number of anilines is 1. The lowest BCUT2D eigenvalue weighted by Crippen LogP contribution is -2.55. The van der Waals surface area contributed by atoms with Crippen molar-refractivity contribution >= 4 is 46.4 Å². The van der Waals surface area contributed by atoms with Gasteiger partial charge in [-0.2, -0.15) is 10.2 Å². The molecule has 464 valence electrons. The van der Waals surface area contributed by atoms with Crippen LogP contribution in [-0.2, 0) is 50.9 Å². The predicted octanol–water partition coefficient (Wildman–Crippen LogP) is 6.85. The zero-order chi connectivity index (χ0) is 60.2. The molecule has 21 nitrogen and oxygen atoms in total. The van der Waals surface area contributed by atoms with Gasteiger partial charge >= 0.3 is 0 Å². The molecule has 4 amide bonds. The monoisotopic (exact) mass is 1210 g/mol. The molecule has 2 saturated carbocycles. The van der Waals surface area contributed by atoms with Crippen LogP contribution < -0.4 is 20.7 Å². The topological polar surface area (TPSA) is 243 Å². The second kappa shape index (κ2) is 29.0. The fraction of sp³-hybridized carbons (Fsp3) is 0.581. The Morgan fingerprint density at radius 2 is 1.51 bits per heavy atom. The Balaban J connectivity index is 0.543. The molecule has 5 aromatic rings. The molecular formula is C62H80F2N10O11S. The van der Waals surface area contributed by atoms with Gasteiger partial charge in [0.15, 0.2) is 5.69 Å². The fourth-order valence-electron chi connectivity index (χ4n) is 12.4. The average Bonchev–Trinajstić information content (AvgIpc) is 1.52. The number of ketones is 1. The highest BCUT2D eigenvalue weighted by Gasteiger charge is 2.78. The van der Waals surface area contributed by atoms with Crippen LogP contribution in [0.4, 0.5) is 14.5 Å². The Labute approximate surface area is 503 Å². The summed E-state index contributed by atoms with van der Waals surface area (Å²) in [5.74, 6) is -3.85. The van der Waals surface area contributed by atoms with Crippen LogP contribution in [0.1, 0.15) is 126 Å². The van der Waals surface area contributed by atoms with Crippen LogP contribution in [0.15, 0.2) is 72.4 Å². The first-order chi connectivity index (χ1) is 41.7. The molecule has 24 heteroatoms. The molecule has 2 saturated heterocycles. The molecule has 5 heterocycles. The van der Waals surface area contributed by atoms with Gasteiger partial charge in [-0.15, -0.1) is 11.3 Å². The number of thiazole rings is 1. The number of carbonyl (C=O) groups excluding carboxylic acids is 5. The number of nitrogens with zero attached hydrogens (tertiary/aromatic N) is 6. The highest BCUT2D eigenvalue weighted by molar-refractivity contribution is 7.10. The third-order valence-corrected chi connectivity index (χ3v) is 18.6. The van der Waals surface area contributed by atoms with Crippen LogP contribution in [0, 0.1) is 23.2 Å². The summed E-state index contributed by atoms with van der Waals surface area (Å²) in [5.41, 5.74) is 2.39. The summed E-state index contributed by atoms with van der Waals surface area (Å²) in [4.78, 5) is 75.7. The summed E-state index contributed by atoms with van der Waals surface area (Å²) < 4.78 is 64.9. The van der Waals surface area contributed by atoms with Crippen molar-refractivity contribution in [2.24, 2.45) is 23.2 Å². The lowest BCUT2D eigenvalue weighted by atomic mass is 9.83. The van der Waals surface area contributed by atoms with Gasteiger partial charge in [0.2, 0.25) is 23.5 Å². The Kier molecular flexibility index (Phi) is 21.1. The van der Waals surface area contributed by atoms with Crippen molar-refractivity contribution in [1.29, 1.82) is 0 Å². The van der Waals surface area contributed by atoms with Crippen LogP contribution in [0.3, 0.4) is 0 Å².